The van der Waals surface area contributed by atoms with E-state index in [0.29, 0.717) is 5.56 Å². The standard InChI is InChI=1S/C13H7Cl2NO3S/c1-2-3-16-12(18)10(20-13(16)19)6-7-4-8(14)11(17)9(15)5-7/h1,4-6,17H,3H2/b10-6-. The number of rotatable bonds is 2. The van der Waals surface area contributed by atoms with Gasteiger partial charge in [-0.05, 0) is 35.5 Å². The fraction of sp³-hybridized carbons (Fsp3) is 0.0769. The van der Waals surface area contributed by atoms with E-state index < -0.39 is 11.1 Å². The first-order chi connectivity index (χ1) is 9.43. The fourth-order valence-electron chi connectivity index (χ4n) is 1.55. The van der Waals surface area contributed by atoms with Gasteiger partial charge in [0.25, 0.3) is 11.1 Å². The van der Waals surface area contributed by atoms with E-state index in [1.807, 2.05) is 0 Å². The molecule has 0 bridgehead atoms. The van der Waals surface area contributed by atoms with Crippen LogP contribution in [0.4, 0.5) is 4.79 Å². The van der Waals surface area contributed by atoms with Gasteiger partial charge in [-0.3, -0.25) is 14.5 Å². The van der Waals surface area contributed by atoms with Crippen LogP contribution in [0.5, 0.6) is 5.75 Å². The molecule has 1 heterocycles. The van der Waals surface area contributed by atoms with E-state index in [1.165, 1.54) is 18.2 Å². The second kappa shape index (κ2) is 5.80. The van der Waals surface area contributed by atoms with Crippen LogP contribution in [0.1, 0.15) is 5.56 Å². The first-order valence-corrected chi connectivity index (χ1v) is 6.88. The number of carbonyl (C=O) groups is 2. The maximum atomic E-state index is 12.0. The van der Waals surface area contributed by atoms with E-state index in [1.54, 1.807) is 0 Å². The molecular weight excluding hydrogens is 321 g/mol. The number of halogens is 2. The van der Waals surface area contributed by atoms with Crippen molar-refractivity contribution in [1.82, 2.24) is 4.90 Å². The summed E-state index contributed by atoms with van der Waals surface area (Å²) in [6.07, 6.45) is 6.57. The Morgan fingerprint density at radius 1 is 1.35 bits per heavy atom. The van der Waals surface area contributed by atoms with Crippen molar-refractivity contribution in [2.45, 2.75) is 0 Å². The highest BCUT2D eigenvalue weighted by Gasteiger charge is 2.34. The first-order valence-electron chi connectivity index (χ1n) is 5.31. The Bertz CT molecular complexity index is 656. The molecule has 1 N–H and O–H groups in total. The van der Waals surface area contributed by atoms with Gasteiger partial charge in [-0.25, -0.2) is 0 Å². The number of phenolic OH excluding ortho intramolecular Hbond substituents is 1. The van der Waals surface area contributed by atoms with Gasteiger partial charge in [0.15, 0.2) is 5.75 Å². The van der Waals surface area contributed by atoms with Crippen LogP contribution < -0.4 is 0 Å². The summed E-state index contributed by atoms with van der Waals surface area (Å²) in [5, 5.41) is 9.16. The van der Waals surface area contributed by atoms with Crippen molar-refractivity contribution in [3.63, 3.8) is 0 Å². The van der Waals surface area contributed by atoms with E-state index in [0.717, 1.165) is 16.7 Å². The molecule has 4 nitrogen and oxygen atoms in total. The summed E-state index contributed by atoms with van der Waals surface area (Å²) < 4.78 is 0. The summed E-state index contributed by atoms with van der Waals surface area (Å²) in [5.74, 6) is 1.56. The highest BCUT2D eigenvalue weighted by atomic mass is 35.5. The van der Waals surface area contributed by atoms with Crippen LogP contribution in [0.3, 0.4) is 0 Å². The molecule has 1 saturated heterocycles. The highest BCUT2D eigenvalue weighted by molar-refractivity contribution is 8.18. The van der Waals surface area contributed by atoms with Crippen LogP contribution in [-0.2, 0) is 4.79 Å². The van der Waals surface area contributed by atoms with Crippen molar-refractivity contribution >= 4 is 52.2 Å². The molecule has 0 aliphatic carbocycles. The maximum Gasteiger partial charge on any atom is 0.294 e. The molecule has 2 rings (SSSR count). The third-order valence-corrected chi connectivity index (χ3v) is 3.94. The first kappa shape index (κ1) is 14.8. The minimum Gasteiger partial charge on any atom is -0.505 e. The molecule has 0 spiro atoms. The van der Waals surface area contributed by atoms with Gasteiger partial charge in [-0.1, -0.05) is 29.1 Å². The molecule has 1 aromatic carbocycles. The zero-order valence-corrected chi connectivity index (χ0v) is 12.2. The third-order valence-electron chi connectivity index (χ3n) is 2.46. The van der Waals surface area contributed by atoms with Crippen LogP contribution in [0.2, 0.25) is 10.0 Å². The molecule has 7 heteroatoms. The lowest BCUT2D eigenvalue weighted by Gasteiger charge is -2.06. The number of terminal acetylenes is 1. The lowest BCUT2D eigenvalue weighted by Crippen LogP contribution is -2.28. The molecule has 0 unspecified atom stereocenters. The fourth-order valence-corrected chi connectivity index (χ4v) is 2.89. The Labute approximate surface area is 129 Å². The van der Waals surface area contributed by atoms with E-state index in [2.05, 4.69) is 5.92 Å². The average Bonchev–Trinajstić information content (AvgIpc) is 2.64. The van der Waals surface area contributed by atoms with Crippen LogP contribution in [0.15, 0.2) is 17.0 Å². The second-order valence-corrected chi connectivity index (χ2v) is 5.61. The van der Waals surface area contributed by atoms with E-state index in [4.69, 9.17) is 29.6 Å². The van der Waals surface area contributed by atoms with Gasteiger partial charge in [0.1, 0.15) is 0 Å². The number of hydrogen-bond donors (Lipinski definition) is 1. The van der Waals surface area contributed by atoms with Crippen LogP contribution in [0, 0.1) is 12.3 Å². The van der Waals surface area contributed by atoms with Gasteiger partial charge in [0.05, 0.1) is 21.5 Å². The number of hydrogen-bond acceptors (Lipinski definition) is 4. The van der Waals surface area contributed by atoms with E-state index >= 15 is 0 Å². The van der Waals surface area contributed by atoms with Gasteiger partial charge in [0, 0.05) is 0 Å². The predicted molar refractivity (Wildman–Crippen MR) is 79.6 cm³/mol. The Hall–Kier alpha value is -1.61. The minimum absolute atomic E-state index is 0.0617. The molecule has 0 aromatic heterocycles. The maximum absolute atomic E-state index is 12.0. The lowest BCUT2D eigenvalue weighted by molar-refractivity contribution is -0.122. The number of thioether (sulfide) groups is 1. The Morgan fingerprint density at radius 3 is 2.50 bits per heavy atom. The summed E-state index contributed by atoms with van der Waals surface area (Å²) in [6.45, 7) is -0.0703. The monoisotopic (exact) mass is 327 g/mol. The normalized spacial score (nSPS) is 16.9. The largest absolute Gasteiger partial charge is 0.505 e. The van der Waals surface area contributed by atoms with Crippen molar-refractivity contribution < 1.29 is 14.7 Å². The smallest absolute Gasteiger partial charge is 0.294 e. The molecule has 1 aliphatic heterocycles. The van der Waals surface area contributed by atoms with E-state index in [9.17, 15) is 14.7 Å². The molecule has 1 fully saturated rings. The topological polar surface area (TPSA) is 57.6 Å². The van der Waals surface area contributed by atoms with Crippen molar-refractivity contribution in [3.05, 3.63) is 32.6 Å². The second-order valence-electron chi connectivity index (χ2n) is 3.81. The summed E-state index contributed by atoms with van der Waals surface area (Å²) in [7, 11) is 0. The van der Waals surface area contributed by atoms with Gasteiger partial charge in [0.2, 0.25) is 0 Å². The molecule has 0 saturated carbocycles. The molecule has 0 atom stereocenters. The van der Waals surface area contributed by atoms with Gasteiger partial charge in [-0.15, -0.1) is 6.42 Å². The number of aromatic hydroxyl groups is 1. The Morgan fingerprint density at radius 2 is 1.95 bits per heavy atom. The van der Waals surface area contributed by atoms with Gasteiger partial charge in [-0.2, -0.15) is 0 Å². The summed E-state index contributed by atoms with van der Waals surface area (Å²) >= 11 is 12.4. The number of nitrogens with zero attached hydrogens (tertiary/aromatic N) is 1. The van der Waals surface area contributed by atoms with Crippen molar-refractivity contribution in [3.8, 4) is 18.1 Å². The molecule has 0 radical (unpaired) electrons. The number of phenols is 1. The van der Waals surface area contributed by atoms with Crippen molar-refractivity contribution in [2.24, 2.45) is 0 Å². The molecule has 1 aromatic rings. The number of imide groups is 1. The Kier molecular flexibility index (Phi) is 4.29. The Balaban J connectivity index is 2.36. The number of benzene rings is 1. The van der Waals surface area contributed by atoms with E-state index in [-0.39, 0.29) is 27.2 Å². The third kappa shape index (κ3) is 2.78. The number of carbonyl (C=O) groups excluding carboxylic acids is 2. The van der Waals surface area contributed by atoms with Gasteiger partial charge >= 0.3 is 0 Å². The quantitative estimate of drug-likeness (QED) is 0.668. The zero-order chi connectivity index (χ0) is 14.9. The minimum atomic E-state index is -0.460. The summed E-state index contributed by atoms with van der Waals surface area (Å²) in [4.78, 5) is 24.8. The average molecular weight is 328 g/mol. The lowest BCUT2D eigenvalue weighted by atomic mass is 10.2. The molecular formula is C13H7Cl2NO3S. The molecule has 102 valence electrons. The SMILES string of the molecule is C#CCN1C(=O)S/C(=C\c2cc(Cl)c(O)c(Cl)c2)C1=O. The van der Waals surface area contributed by atoms with Crippen molar-refractivity contribution in [2.75, 3.05) is 6.54 Å². The van der Waals surface area contributed by atoms with Crippen LogP contribution in [0.25, 0.3) is 6.08 Å². The number of amides is 2. The molecule has 20 heavy (non-hydrogen) atoms. The summed E-state index contributed by atoms with van der Waals surface area (Å²) in [5.41, 5.74) is 0.504. The molecule has 2 amide bonds. The molecule has 1 aliphatic rings. The predicted octanol–water partition coefficient (Wildman–Crippen LogP) is 3.37. The van der Waals surface area contributed by atoms with Gasteiger partial charge < -0.3 is 5.11 Å². The van der Waals surface area contributed by atoms with Crippen LogP contribution >= 0.6 is 35.0 Å². The highest BCUT2D eigenvalue weighted by Crippen LogP contribution is 2.36. The summed E-state index contributed by atoms with van der Waals surface area (Å²) in [6, 6.07) is 2.88. The van der Waals surface area contributed by atoms with Crippen LogP contribution in [-0.4, -0.2) is 27.7 Å². The van der Waals surface area contributed by atoms with Crippen molar-refractivity contribution in [1.29, 1.82) is 0 Å². The zero-order valence-electron chi connectivity index (χ0n) is 9.89.